The molecule has 1 aliphatic heterocycles. The second-order valence-corrected chi connectivity index (χ2v) is 7.05. The van der Waals surface area contributed by atoms with Gasteiger partial charge in [-0.05, 0) is 43.4 Å². The average molecular weight is 319 g/mol. The van der Waals surface area contributed by atoms with Gasteiger partial charge in [0.1, 0.15) is 11.0 Å². The molecule has 1 aromatic carbocycles. The SMILES string of the molecule is CO[C@@]12CC[C@@H](O)C[C@@H]1N(Cc1ccc3nsnc3c1)CC2. The molecule has 1 aliphatic carbocycles. The Morgan fingerprint density at radius 3 is 3.09 bits per heavy atom. The van der Waals surface area contributed by atoms with E-state index < -0.39 is 0 Å². The van der Waals surface area contributed by atoms with Crippen LogP contribution in [-0.4, -0.2) is 50.2 Å². The largest absolute Gasteiger partial charge is 0.393 e. The summed E-state index contributed by atoms with van der Waals surface area (Å²) in [6.07, 6.45) is 3.49. The fraction of sp³-hybridized carbons (Fsp3) is 0.625. The van der Waals surface area contributed by atoms with Crippen molar-refractivity contribution in [2.45, 2.75) is 50.0 Å². The minimum Gasteiger partial charge on any atom is -0.393 e. The Bertz CT molecular complexity index is 676. The molecule has 2 heterocycles. The molecule has 1 N–H and O–H groups in total. The predicted octanol–water partition coefficient (Wildman–Crippen LogP) is 2.20. The maximum atomic E-state index is 10.1. The number of benzene rings is 1. The first-order valence-electron chi connectivity index (χ1n) is 7.89. The Balaban J connectivity index is 1.57. The zero-order valence-electron chi connectivity index (χ0n) is 12.7. The fourth-order valence-corrected chi connectivity index (χ4v) is 4.64. The van der Waals surface area contributed by atoms with Gasteiger partial charge in [-0.15, -0.1) is 0 Å². The molecule has 22 heavy (non-hydrogen) atoms. The summed E-state index contributed by atoms with van der Waals surface area (Å²) in [5.41, 5.74) is 3.14. The van der Waals surface area contributed by atoms with Gasteiger partial charge in [0.05, 0.1) is 23.4 Å². The zero-order chi connectivity index (χ0) is 15.2. The van der Waals surface area contributed by atoms with Crippen molar-refractivity contribution in [1.82, 2.24) is 13.6 Å². The third kappa shape index (κ3) is 2.34. The highest BCUT2D eigenvalue weighted by molar-refractivity contribution is 7.00. The van der Waals surface area contributed by atoms with Crippen molar-refractivity contribution < 1.29 is 9.84 Å². The molecule has 2 fully saturated rings. The minimum atomic E-state index is -0.195. The summed E-state index contributed by atoms with van der Waals surface area (Å²) >= 11 is 1.26. The third-order valence-corrected chi connectivity index (χ3v) is 5.93. The maximum Gasteiger partial charge on any atom is 0.105 e. The van der Waals surface area contributed by atoms with Crippen LogP contribution in [0.2, 0.25) is 0 Å². The number of aliphatic hydroxyl groups excluding tert-OH is 1. The molecule has 5 nitrogen and oxygen atoms in total. The molecule has 1 saturated heterocycles. The molecule has 0 radical (unpaired) electrons. The Morgan fingerprint density at radius 2 is 2.23 bits per heavy atom. The van der Waals surface area contributed by atoms with Crippen LogP contribution >= 0.6 is 11.7 Å². The van der Waals surface area contributed by atoms with Crippen LogP contribution in [-0.2, 0) is 11.3 Å². The van der Waals surface area contributed by atoms with Crippen LogP contribution in [0.25, 0.3) is 11.0 Å². The maximum absolute atomic E-state index is 10.1. The van der Waals surface area contributed by atoms with Gasteiger partial charge in [-0.25, -0.2) is 0 Å². The lowest BCUT2D eigenvalue weighted by Crippen LogP contribution is -2.51. The van der Waals surface area contributed by atoms with Gasteiger partial charge in [-0.3, -0.25) is 4.90 Å². The number of hydrogen-bond donors (Lipinski definition) is 1. The van der Waals surface area contributed by atoms with Crippen molar-refractivity contribution in [2.75, 3.05) is 13.7 Å². The van der Waals surface area contributed by atoms with Crippen molar-refractivity contribution >= 4 is 22.8 Å². The molecule has 2 aliphatic rings. The van der Waals surface area contributed by atoms with Gasteiger partial charge < -0.3 is 9.84 Å². The number of ether oxygens (including phenoxy) is 1. The van der Waals surface area contributed by atoms with Gasteiger partial charge in [-0.2, -0.15) is 8.75 Å². The molecule has 2 aromatic rings. The molecule has 4 rings (SSSR count). The van der Waals surface area contributed by atoms with E-state index in [0.29, 0.717) is 6.04 Å². The standard InChI is InChI=1S/C16H21N3O2S/c1-21-16-5-4-12(20)9-15(16)19(7-6-16)10-11-2-3-13-14(8-11)18-22-17-13/h2-3,8,12,15,20H,4-7,9-10H2,1H3/t12-,15+,16-/m1/s1. The molecule has 3 atom stereocenters. The van der Waals surface area contributed by atoms with Gasteiger partial charge in [0.2, 0.25) is 0 Å². The zero-order valence-corrected chi connectivity index (χ0v) is 13.6. The summed E-state index contributed by atoms with van der Waals surface area (Å²) in [5, 5.41) is 10.1. The normalized spacial score (nSPS) is 32.5. The summed E-state index contributed by atoms with van der Waals surface area (Å²) in [6, 6.07) is 6.62. The molecular formula is C16H21N3O2S. The van der Waals surface area contributed by atoms with Gasteiger partial charge in [0.15, 0.2) is 0 Å². The highest BCUT2D eigenvalue weighted by Crippen LogP contribution is 2.43. The Kier molecular flexibility index (Phi) is 3.64. The highest BCUT2D eigenvalue weighted by Gasteiger charge is 2.50. The lowest BCUT2D eigenvalue weighted by Gasteiger charge is -2.42. The molecule has 0 amide bonds. The number of rotatable bonds is 3. The van der Waals surface area contributed by atoms with Crippen molar-refractivity contribution in [3.63, 3.8) is 0 Å². The van der Waals surface area contributed by atoms with E-state index in [0.717, 1.165) is 49.8 Å². The molecule has 1 aromatic heterocycles. The minimum absolute atomic E-state index is 0.0640. The highest BCUT2D eigenvalue weighted by atomic mass is 32.1. The topological polar surface area (TPSA) is 58.5 Å². The van der Waals surface area contributed by atoms with E-state index in [4.69, 9.17) is 4.74 Å². The van der Waals surface area contributed by atoms with E-state index in [2.05, 4.69) is 25.8 Å². The van der Waals surface area contributed by atoms with Gasteiger partial charge in [-0.1, -0.05) is 6.07 Å². The number of methoxy groups -OCH3 is 1. The number of aliphatic hydroxyl groups is 1. The van der Waals surface area contributed by atoms with Crippen molar-refractivity contribution in [2.24, 2.45) is 0 Å². The van der Waals surface area contributed by atoms with Gasteiger partial charge in [0, 0.05) is 26.2 Å². The van der Waals surface area contributed by atoms with Crippen LogP contribution in [0, 0.1) is 0 Å². The van der Waals surface area contributed by atoms with E-state index in [-0.39, 0.29) is 11.7 Å². The molecule has 1 saturated carbocycles. The smallest absolute Gasteiger partial charge is 0.105 e. The first kappa shape index (κ1) is 14.5. The van der Waals surface area contributed by atoms with Crippen LogP contribution in [0.5, 0.6) is 0 Å². The molecule has 0 spiro atoms. The van der Waals surface area contributed by atoms with Crippen molar-refractivity contribution in [3.05, 3.63) is 23.8 Å². The lowest BCUT2D eigenvalue weighted by molar-refractivity contribution is -0.0879. The Hall–Kier alpha value is -1.08. The quantitative estimate of drug-likeness (QED) is 0.940. The third-order valence-electron chi connectivity index (χ3n) is 5.38. The van der Waals surface area contributed by atoms with Crippen LogP contribution < -0.4 is 0 Å². The van der Waals surface area contributed by atoms with E-state index in [1.807, 2.05) is 13.2 Å². The first-order chi connectivity index (χ1) is 10.7. The van der Waals surface area contributed by atoms with Crippen LogP contribution in [0.4, 0.5) is 0 Å². The molecule has 118 valence electrons. The molecule has 6 heteroatoms. The molecule has 0 unspecified atom stereocenters. The lowest BCUT2D eigenvalue weighted by atomic mass is 9.79. The van der Waals surface area contributed by atoms with Gasteiger partial charge in [0.25, 0.3) is 0 Å². The number of fused-ring (bicyclic) bond motifs is 2. The van der Waals surface area contributed by atoms with Crippen molar-refractivity contribution in [1.29, 1.82) is 0 Å². The summed E-state index contributed by atoms with van der Waals surface area (Å²) in [6.45, 7) is 1.91. The Labute approximate surface area is 134 Å². The van der Waals surface area contributed by atoms with Crippen LogP contribution in [0.3, 0.4) is 0 Å². The number of aromatic nitrogens is 2. The Morgan fingerprint density at radius 1 is 1.36 bits per heavy atom. The van der Waals surface area contributed by atoms with E-state index in [1.165, 1.54) is 17.3 Å². The van der Waals surface area contributed by atoms with E-state index in [9.17, 15) is 5.11 Å². The number of nitrogens with zero attached hydrogens (tertiary/aromatic N) is 3. The fourth-order valence-electron chi connectivity index (χ4n) is 4.12. The predicted molar refractivity (Wildman–Crippen MR) is 85.8 cm³/mol. The average Bonchev–Trinajstić information content (AvgIpc) is 3.13. The van der Waals surface area contributed by atoms with E-state index in [1.54, 1.807) is 0 Å². The molecule has 0 bridgehead atoms. The second kappa shape index (κ2) is 5.53. The van der Waals surface area contributed by atoms with Crippen LogP contribution in [0.1, 0.15) is 31.2 Å². The number of likely N-dealkylation sites (tertiary alicyclic amines) is 1. The summed E-state index contributed by atoms with van der Waals surface area (Å²) in [4.78, 5) is 2.47. The van der Waals surface area contributed by atoms with Crippen LogP contribution in [0.15, 0.2) is 18.2 Å². The van der Waals surface area contributed by atoms with E-state index >= 15 is 0 Å². The molecular weight excluding hydrogens is 298 g/mol. The summed E-state index contributed by atoms with van der Waals surface area (Å²) in [5.74, 6) is 0. The second-order valence-electron chi connectivity index (χ2n) is 6.52. The summed E-state index contributed by atoms with van der Waals surface area (Å²) in [7, 11) is 1.82. The number of hydrogen-bond acceptors (Lipinski definition) is 6. The monoisotopic (exact) mass is 319 g/mol. The van der Waals surface area contributed by atoms with Gasteiger partial charge >= 0.3 is 0 Å². The van der Waals surface area contributed by atoms with Crippen molar-refractivity contribution in [3.8, 4) is 0 Å². The first-order valence-corrected chi connectivity index (χ1v) is 8.62. The summed E-state index contributed by atoms with van der Waals surface area (Å²) < 4.78 is 14.5.